The summed E-state index contributed by atoms with van der Waals surface area (Å²) in [6.07, 6.45) is 0. The van der Waals surface area contributed by atoms with Crippen LogP contribution < -0.4 is 5.73 Å². The molecule has 100 valence electrons. The van der Waals surface area contributed by atoms with Gasteiger partial charge in [0.25, 0.3) is 0 Å². The van der Waals surface area contributed by atoms with Crippen molar-refractivity contribution in [3.63, 3.8) is 0 Å². The summed E-state index contributed by atoms with van der Waals surface area (Å²) < 4.78 is 0. The molecular formula is C14H24N4. The van der Waals surface area contributed by atoms with Gasteiger partial charge < -0.3 is 5.73 Å². The number of pyridine rings is 1. The van der Waals surface area contributed by atoms with Gasteiger partial charge in [-0.25, -0.2) is 4.98 Å². The molecule has 2 heterocycles. The molecule has 0 amide bonds. The van der Waals surface area contributed by atoms with E-state index in [-0.39, 0.29) is 5.54 Å². The Kier molecular flexibility index (Phi) is 3.88. The molecule has 2 N–H and O–H groups in total. The fourth-order valence-electron chi connectivity index (χ4n) is 2.39. The average Bonchev–Trinajstić information content (AvgIpc) is 2.28. The Morgan fingerprint density at radius 2 is 1.83 bits per heavy atom. The van der Waals surface area contributed by atoms with E-state index in [1.807, 2.05) is 18.2 Å². The van der Waals surface area contributed by atoms with Crippen LogP contribution in [0.5, 0.6) is 0 Å². The third-order valence-corrected chi connectivity index (χ3v) is 3.53. The molecule has 0 bridgehead atoms. The van der Waals surface area contributed by atoms with E-state index in [1.165, 1.54) is 0 Å². The molecule has 0 unspecified atom stereocenters. The van der Waals surface area contributed by atoms with E-state index in [9.17, 15) is 0 Å². The fraction of sp³-hybridized carbons (Fsp3) is 0.643. The number of aromatic nitrogens is 1. The quantitative estimate of drug-likeness (QED) is 0.863. The largest absolute Gasteiger partial charge is 0.384 e. The van der Waals surface area contributed by atoms with Crippen molar-refractivity contribution < 1.29 is 0 Å². The molecule has 0 saturated carbocycles. The minimum atomic E-state index is 0.279. The molecule has 0 radical (unpaired) electrons. The van der Waals surface area contributed by atoms with Gasteiger partial charge in [0, 0.05) is 38.3 Å². The van der Waals surface area contributed by atoms with Gasteiger partial charge in [0.2, 0.25) is 0 Å². The number of hydrogen-bond donors (Lipinski definition) is 1. The number of piperazine rings is 1. The molecule has 4 heteroatoms. The van der Waals surface area contributed by atoms with Crippen molar-refractivity contribution in [1.82, 2.24) is 14.8 Å². The van der Waals surface area contributed by atoms with Crippen molar-refractivity contribution in [1.29, 1.82) is 0 Å². The van der Waals surface area contributed by atoms with Crippen LogP contribution in [0.25, 0.3) is 0 Å². The lowest BCUT2D eigenvalue weighted by atomic mass is 10.0. The summed E-state index contributed by atoms with van der Waals surface area (Å²) in [5, 5.41) is 0. The van der Waals surface area contributed by atoms with E-state index >= 15 is 0 Å². The predicted octanol–water partition coefficient (Wildman–Crippen LogP) is 1.58. The van der Waals surface area contributed by atoms with Gasteiger partial charge in [-0.05, 0) is 32.9 Å². The summed E-state index contributed by atoms with van der Waals surface area (Å²) in [5.41, 5.74) is 7.05. The molecule has 2 rings (SSSR count). The van der Waals surface area contributed by atoms with Crippen molar-refractivity contribution >= 4 is 5.82 Å². The minimum Gasteiger partial charge on any atom is -0.384 e. The lowest BCUT2D eigenvalue weighted by Gasteiger charge is -2.42. The maximum Gasteiger partial charge on any atom is 0.123 e. The maximum absolute atomic E-state index is 5.70. The lowest BCUT2D eigenvalue weighted by Crippen LogP contribution is -2.53. The number of nitrogen functional groups attached to an aromatic ring is 1. The van der Waals surface area contributed by atoms with Crippen LogP contribution in [0.15, 0.2) is 18.2 Å². The van der Waals surface area contributed by atoms with E-state index in [1.54, 1.807) is 0 Å². The monoisotopic (exact) mass is 248 g/mol. The second-order valence-corrected chi connectivity index (χ2v) is 5.99. The normalized spacial score (nSPS) is 19.1. The maximum atomic E-state index is 5.70. The Morgan fingerprint density at radius 3 is 2.39 bits per heavy atom. The Balaban J connectivity index is 1.87. The van der Waals surface area contributed by atoms with Crippen molar-refractivity contribution in [2.75, 3.05) is 31.9 Å². The minimum absolute atomic E-state index is 0.279. The van der Waals surface area contributed by atoms with Gasteiger partial charge in [-0.2, -0.15) is 0 Å². The molecule has 1 saturated heterocycles. The van der Waals surface area contributed by atoms with E-state index in [0.29, 0.717) is 5.82 Å². The highest BCUT2D eigenvalue weighted by Gasteiger charge is 2.25. The third kappa shape index (κ3) is 3.43. The predicted molar refractivity (Wildman–Crippen MR) is 75.3 cm³/mol. The van der Waals surface area contributed by atoms with Crippen LogP contribution in [0, 0.1) is 0 Å². The Bertz CT molecular complexity index is 389. The number of rotatable bonds is 2. The number of anilines is 1. The van der Waals surface area contributed by atoms with Gasteiger partial charge in [0.1, 0.15) is 5.82 Å². The molecule has 18 heavy (non-hydrogen) atoms. The Hall–Kier alpha value is -1.13. The van der Waals surface area contributed by atoms with E-state index in [2.05, 4.69) is 35.6 Å². The fourth-order valence-corrected chi connectivity index (χ4v) is 2.39. The van der Waals surface area contributed by atoms with Crippen molar-refractivity contribution in [3.8, 4) is 0 Å². The summed E-state index contributed by atoms with van der Waals surface area (Å²) in [7, 11) is 0. The van der Waals surface area contributed by atoms with Gasteiger partial charge in [0.05, 0.1) is 5.69 Å². The van der Waals surface area contributed by atoms with Gasteiger partial charge in [-0.1, -0.05) is 6.07 Å². The van der Waals surface area contributed by atoms with Crippen LogP contribution in [0.1, 0.15) is 26.5 Å². The SMILES string of the molecule is CC(C)(C)N1CCN(Cc2cccc(N)n2)CC1. The van der Waals surface area contributed by atoms with Gasteiger partial charge in [0.15, 0.2) is 0 Å². The third-order valence-electron chi connectivity index (χ3n) is 3.53. The molecule has 0 atom stereocenters. The standard InChI is InChI=1S/C14H24N4/c1-14(2,3)18-9-7-17(8-10-18)11-12-5-4-6-13(15)16-12/h4-6H,7-11H2,1-3H3,(H2,15,16). The van der Waals surface area contributed by atoms with Crippen molar-refractivity contribution in [2.45, 2.75) is 32.9 Å². The summed E-state index contributed by atoms with van der Waals surface area (Å²) >= 11 is 0. The highest BCUT2D eigenvalue weighted by Crippen LogP contribution is 2.16. The van der Waals surface area contributed by atoms with Crippen molar-refractivity contribution in [2.24, 2.45) is 0 Å². The van der Waals surface area contributed by atoms with E-state index in [0.717, 1.165) is 38.4 Å². The average molecular weight is 248 g/mol. The van der Waals surface area contributed by atoms with Crippen LogP contribution in [-0.2, 0) is 6.54 Å². The Morgan fingerprint density at radius 1 is 1.17 bits per heavy atom. The molecule has 1 aliphatic rings. The first-order valence-electron chi connectivity index (χ1n) is 6.64. The smallest absolute Gasteiger partial charge is 0.123 e. The molecule has 1 fully saturated rings. The number of nitrogens with zero attached hydrogens (tertiary/aromatic N) is 3. The van der Waals surface area contributed by atoms with E-state index < -0.39 is 0 Å². The second kappa shape index (κ2) is 5.24. The van der Waals surface area contributed by atoms with Gasteiger partial charge >= 0.3 is 0 Å². The van der Waals surface area contributed by atoms with Gasteiger partial charge in [-0.3, -0.25) is 9.80 Å². The Labute approximate surface area is 110 Å². The highest BCUT2D eigenvalue weighted by atomic mass is 15.3. The zero-order valence-corrected chi connectivity index (χ0v) is 11.7. The highest BCUT2D eigenvalue weighted by molar-refractivity contribution is 5.28. The van der Waals surface area contributed by atoms with Crippen LogP contribution in [-0.4, -0.2) is 46.5 Å². The van der Waals surface area contributed by atoms with Crippen LogP contribution in [0.2, 0.25) is 0 Å². The second-order valence-electron chi connectivity index (χ2n) is 5.99. The summed E-state index contributed by atoms with van der Waals surface area (Å²) in [4.78, 5) is 9.34. The molecule has 4 nitrogen and oxygen atoms in total. The topological polar surface area (TPSA) is 45.4 Å². The van der Waals surface area contributed by atoms with Crippen LogP contribution >= 0.6 is 0 Å². The van der Waals surface area contributed by atoms with Gasteiger partial charge in [-0.15, -0.1) is 0 Å². The number of hydrogen-bond acceptors (Lipinski definition) is 4. The molecule has 1 aromatic rings. The summed E-state index contributed by atoms with van der Waals surface area (Å²) in [6, 6.07) is 5.86. The zero-order chi connectivity index (χ0) is 13.2. The molecule has 1 aromatic heterocycles. The molecule has 0 spiro atoms. The van der Waals surface area contributed by atoms with E-state index in [4.69, 9.17) is 5.73 Å². The first-order valence-corrected chi connectivity index (χ1v) is 6.64. The lowest BCUT2D eigenvalue weighted by molar-refractivity contribution is 0.0586. The first kappa shape index (κ1) is 13.3. The first-order chi connectivity index (χ1) is 8.45. The number of nitrogens with two attached hydrogens (primary N) is 1. The summed E-state index contributed by atoms with van der Waals surface area (Å²) in [6.45, 7) is 12.2. The van der Waals surface area contributed by atoms with Crippen LogP contribution in [0.4, 0.5) is 5.82 Å². The van der Waals surface area contributed by atoms with Crippen molar-refractivity contribution in [3.05, 3.63) is 23.9 Å². The van der Waals surface area contributed by atoms with Crippen LogP contribution in [0.3, 0.4) is 0 Å². The molecular weight excluding hydrogens is 224 g/mol. The molecule has 0 aromatic carbocycles. The molecule has 0 aliphatic carbocycles. The molecule has 1 aliphatic heterocycles. The zero-order valence-electron chi connectivity index (χ0n) is 11.7. The summed E-state index contributed by atoms with van der Waals surface area (Å²) in [5.74, 6) is 0.612.